The Morgan fingerprint density at radius 3 is 2.57 bits per heavy atom. The van der Waals surface area contributed by atoms with Gasteiger partial charge in [0.05, 0.1) is 0 Å². The predicted octanol–water partition coefficient (Wildman–Crippen LogP) is 4.25. The zero-order valence-electron chi connectivity index (χ0n) is 12.3. The van der Waals surface area contributed by atoms with Gasteiger partial charge in [-0.2, -0.15) is 0 Å². The van der Waals surface area contributed by atoms with Gasteiger partial charge in [-0.1, -0.05) is 60.2 Å². The fourth-order valence-corrected chi connectivity index (χ4v) is 4.16. The number of hydrogen-bond acceptors (Lipinski definition) is 1. The van der Waals surface area contributed by atoms with Crippen molar-refractivity contribution in [2.45, 2.75) is 31.1 Å². The minimum Gasteiger partial charge on any atom is -0.330 e. The number of hydrogen-bond donors (Lipinski definition) is 1. The molecule has 0 radical (unpaired) electrons. The Morgan fingerprint density at radius 1 is 0.952 bits per heavy atom. The summed E-state index contributed by atoms with van der Waals surface area (Å²) in [5, 5.41) is 0. The first-order valence-corrected chi connectivity index (χ1v) is 7.97. The summed E-state index contributed by atoms with van der Waals surface area (Å²) < 4.78 is 0. The molecule has 0 bridgehead atoms. The van der Waals surface area contributed by atoms with Gasteiger partial charge < -0.3 is 5.73 Å². The monoisotopic (exact) mass is 275 g/mol. The number of allylic oxidation sites excluding steroid dienone is 1. The van der Waals surface area contributed by atoms with Crippen LogP contribution in [-0.2, 0) is 6.42 Å². The van der Waals surface area contributed by atoms with E-state index >= 15 is 0 Å². The minimum atomic E-state index is 0.516. The summed E-state index contributed by atoms with van der Waals surface area (Å²) in [6, 6.07) is 17.8. The molecule has 0 aliphatic heterocycles. The van der Waals surface area contributed by atoms with Gasteiger partial charge in [-0.05, 0) is 48.1 Å². The van der Waals surface area contributed by atoms with Crippen molar-refractivity contribution in [1.29, 1.82) is 0 Å². The SMILES string of the molecule is NCCC1C(C2CCc3ccccc32)=Cc2ccccc21. The van der Waals surface area contributed by atoms with Crippen molar-refractivity contribution in [3.63, 3.8) is 0 Å². The molecule has 0 amide bonds. The van der Waals surface area contributed by atoms with Crippen molar-refractivity contribution in [3.8, 4) is 0 Å². The van der Waals surface area contributed by atoms with Crippen LogP contribution in [0.2, 0.25) is 0 Å². The van der Waals surface area contributed by atoms with E-state index in [2.05, 4.69) is 54.6 Å². The van der Waals surface area contributed by atoms with Crippen molar-refractivity contribution in [2.24, 2.45) is 5.73 Å². The highest BCUT2D eigenvalue weighted by molar-refractivity contribution is 5.69. The van der Waals surface area contributed by atoms with Crippen molar-refractivity contribution in [3.05, 3.63) is 76.4 Å². The molecule has 0 saturated heterocycles. The highest BCUT2D eigenvalue weighted by Crippen LogP contribution is 2.49. The van der Waals surface area contributed by atoms with E-state index in [1.54, 1.807) is 11.1 Å². The van der Waals surface area contributed by atoms with E-state index in [9.17, 15) is 0 Å². The zero-order valence-corrected chi connectivity index (χ0v) is 12.3. The first-order valence-electron chi connectivity index (χ1n) is 7.97. The van der Waals surface area contributed by atoms with Gasteiger partial charge in [0.15, 0.2) is 0 Å². The molecule has 2 N–H and O–H groups in total. The van der Waals surface area contributed by atoms with E-state index in [1.165, 1.54) is 29.5 Å². The van der Waals surface area contributed by atoms with Crippen LogP contribution in [0.15, 0.2) is 54.1 Å². The molecule has 4 rings (SSSR count). The highest BCUT2D eigenvalue weighted by Gasteiger charge is 2.33. The largest absolute Gasteiger partial charge is 0.330 e. The summed E-state index contributed by atoms with van der Waals surface area (Å²) in [5.74, 6) is 1.10. The lowest BCUT2D eigenvalue weighted by atomic mass is 9.82. The number of benzene rings is 2. The fraction of sp³-hybridized carbons (Fsp3) is 0.300. The second kappa shape index (κ2) is 5.16. The van der Waals surface area contributed by atoms with E-state index in [-0.39, 0.29) is 0 Å². The summed E-state index contributed by atoms with van der Waals surface area (Å²) in [4.78, 5) is 0. The molecule has 2 aliphatic carbocycles. The first kappa shape index (κ1) is 12.8. The zero-order chi connectivity index (χ0) is 14.2. The maximum Gasteiger partial charge on any atom is 0.00755 e. The maximum atomic E-state index is 5.89. The van der Waals surface area contributed by atoms with E-state index in [0.29, 0.717) is 11.8 Å². The lowest BCUT2D eigenvalue weighted by Crippen LogP contribution is -2.11. The fourth-order valence-electron chi connectivity index (χ4n) is 4.16. The lowest BCUT2D eigenvalue weighted by Gasteiger charge is -2.22. The lowest BCUT2D eigenvalue weighted by molar-refractivity contribution is 0.647. The van der Waals surface area contributed by atoms with Crippen molar-refractivity contribution < 1.29 is 0 Å². The van der Waals surface area contributed by atoms with Gasteiger partial charge >= 0.3 is 0 Å². The van der Waals surface area contributed by atoms with Crippen LogP contribution in [0.5, 0.6) is 0 Å². The van der Waals surface area contributed by atoms with Gasteiger partial charge in [-0.15, -0.1) is 0 Å². The normalized spacial score (nSPS) is 22.8. The quantitative estimate of drug-likeness (QED) is 0.890. The topological polar surface area (TPSA) is 26.0 Å². The first-order chi connectivity index (χ1) is 10.4. The summed E-state index contributed by atoms with van der Waals surface area (Å²) >= 11 is 0. The average molecular weight is 275 g/mol. The Kier molecular flexibility index (Phi) is 3.16. The molecule has 0 heterocycles. The smallest absolute Gasteiger partial charge is 0.00755 e. The van der Waals surface area contributed by atoms with Crippen LogP contribution in [0.3, 0.4) is 0 Å². The van der Waals surface area contributed by atoms with Gasteiger partial charge in [0.1, 0.15) is 0 Å². The van der Waals surface area contributed by atoms with Crippen LogP contribution >= 0.6 is 0 Å². The van der Waals surface area contributed by atoms with Crippen LogP contribution in [0.4, 0.5) is 0 Å². The molecule has 1 heteroatoms. The number of nitrogens with two attached hydrogens (primary N) is 1. The molecule has 0 spiro atoms. The molecule has 2 aromatic rings. The molecule has 2 unspecified atom stereocenters. The van der Waals surface area contributed by atoms with Crippen LogP contribution < -0.4 is 5.73 Å². The second-order valence-electron chi connectivity index (χ2n) is 6.19. The molecular formula is C20H21N. The Morgan fingerprint density at radius 2 is 1.71 bits per heavy atom. The van der Waals surface area contributed by atoms with Crippen molar-refractivity contribution in [2.75, 3.05) is 6.54 Å². The molecule has 1 nitrogen and oxygen atoms in total. The number of fused-ring (bicyclic) bond motifs is 2. The Labute approximate surface area is 126 Å². The van der Waals surface area contributed by atoms with Gasteiger partial charge in [0.25, 0.3) is 0 Å². The van der Waals surface area contributed by atoms with Crippen molar-refractivity contribution in [1.82, 2.24) is 0 Å². The van der Waals surface area contributed by atoms with Gasteiger partial charge in [-0.25, -0.2) is 0 Å². The summed E-state index contributed by atoms with van der Waals surface area (Å²) in [6.07, 6.45) is 5.95. The van der Waals surface area contributed by atoms with E-state index < -0.39 is 0 Å². The summed E-state index contributed by atoms with van der Waals surface area (Å²) in [7, 11) is 0. The third-order valence-corrected chi connectivity index (χ3v) is 5.09. The van der Waals surface area contributed by atoms with Gasteiger partial charge in [0.2, 0.25) is 0 Å². The minimum absolute atomic E-state index is 0.516. The van der Waals surface area contributed by atoms with Crippen LogP contribution in [0.1, 0.15) is 46.9 Å². The molecule has 0 saturated carbocycles. The standard InChI is InChI=1S/C20H21N/c21-12-11-19-17-8-4-2-6-15(17)13-20(19)18-10-9-14-5-1-3-7-16(14)18/h1-8,13,18-19H,9-12,21H2. The van der Waals surface area contributed by atoms with Crippen LogP contribution in [0, 0.1) is 0 Å². The number of rotatable bonds is 3. The third-order valence-electron chi connectivity index (χ3n) is 5.09. The molecule has 0 fully saturated rings. The van der Waals surface area contributed by atoms with E-state index in [1.807, 2.05) is 0 Å². The third kappa shape index (κ3) is 2.04. The van der Waals surface area contributed by atoms with Crippen molar-refractivity contribution >= 4 is 6.08 Å². The Bertz CT molecular complexity index is 698. The Hall–Kier alpha value is -1.86. The van der Waals surface area contributed by atoms with Crippen LogP contribution in [-0.4, -0.2) is 6.54 Å². The summed E-state index contributed by atoms with van der Waals surface area (Å²) in [5.41, 5.74) is 13.4. The highest BCUT2D eigenvalue weighted by atomic mass is 14.5. The number of aryl methyl sites for hydroxylation is 1. The summed E-state index contributed by atoms with van der Waals surface area (Å²) in [6.45, 7) is 0.755. The molecule has 2 atom stereocenters. The maximum absolute atomic E-state index is 5.89. The molecular weight excluding hydrogens is 254 g/mol. The molecule has 106 valence electrons. The van der Waals surface area contributed by atoms with E-state index in [4.69, 9.17) is 5.73 Å². The molecule has 2 aliphatic rings. The molecule has 21 heavy (non-hydrogen) atoms. The second-order valence-corrected chi connectivity index (χ2v) is 6.19. The van der Waals surface area contributed by atoms with E-state index in [0.717, 1.165) is 13.0 Å². The van der Waals surface area contributed by atoms with Crippen LogP contribution in [0.25, 0.3) is 6.08 Å². The Balaban J connectivity index is 1.76. The van der Waals surface area contributed by atoms with Gasteiger partial charge in [-0.3, -0.25) is 0 Å². The van der Waals surface area contributed by atoms with Gasteiger partial charge in [0, 0.05) is 11.8 Å². The average Bonchev–Trinajstić information content (AvgIpc) is 3.09. The molecule has 2 aromatic carbocycles. The predicted molar refractivity (Wildman–Crippen MR) is 88.3 cm³/mol. The molecule has 0 aromatic heterocycles.